The van der Waals surface area contributed by atoms with Crippen LogP contribution in [0.1, 0.15) is 24.6 Å². The molecule has 3 rings (SSSR count). The van der Waals surface area contributed by atoms with E-state index in [-0.39, 0.29) is 31.9 Å². The number of nitrogens with one attached hydrogen (secondary N) is 1. The van der Waals surface area contributed by atoms with Crippen molar-refractivity contribution in [1.82, 2.24) is 20.0 Å². The van der Waals surface area contributed by atoms with Crippen molar-refractivity contribution in [3.8, 4) is 0 Å². The number of carbonyl (C=O) groups is 2. The second kappa shape index (κ2) is 5.88. The van der Waals surface area contributed by atoms with Crippen molar-refractivity contribution >= 4 is 11.8 Å². The Morgan fingerprint density at radius 1 is 1.48 bits per heavy atom. The second-order valence-electron chi connectivity index (χ2n) is 5.96. The number of halogens is 2. The highest BCUT2D eigenvalue weighted by atomic mass is 19.3. The summed E-state index contributed by atoms with van der Waals surface area (Å²) in [5.74, 6) is -3.32. The van der Waals surface area contributed by atoms with E-state index in [1.807, 2.05) is 0 Å². The minimum Gasteiger partial charge on any atom is -0.375 e. The number of hydrogen-bond acceptors (Lipinski definition) is 4. The van der Waals surface area contributed by atoms with Gasteiger partial charge in [-0.1, -0.05) is 0 Å². The van der Waals surface area contributed by atoms with Crippen LogP contribution in [0.5, 0.6) is 0 Å². The lowest BCUT2D eigenvalue weighted by Crippen LogP contribution is -2.54. The molecule has 2 heterocycles. The second-order valence-corrected chi connectivity index (χ2v) is 5.96. The summed E-state index contributed by atoms with van der Waals surface area (Å²) in [7, 11) is 1.42. The first-order chi connectivity index (χ1) is 10.9. The largest absolute Gasteiger partial charge is 0.375 e. The highest BCUT2D eigenvalue weighted by molar-refractivity contribution is 5.83. The third-order valence-corrected chi connectivity index (χ3v) is 4.15. The van der Waals surface area contributed by atoms with Crippen LogP contribution in [-0.2, 0) is 20.9 Å². The molecule has 0 unspecified atom stereocenters. The van der Waals surface area contributed by atoms with Crippen LogP contribution >= 0.6 is 0 Å². The number of carbonyl (C=O) groups excluding carboxylic acids is 2. The Kier molecular flexibility index (Phi) is 4.05. The van der Waals surface area contributed by atoms with Crippen LogP contribution in [0, 0.1) is 0 Å². The molecule has 23 heavy (non-hydrogen) atoms. The highest BCUT2D eigenvalue weighted by Crippen LogP contribution is 2.37. The molecular formula is C14H18F2N4O3. The van der Waals surface area contributed by atoms with E-state index < -0.39 is 23.9 Å². The van der Waals surface area contributed by atoms with Crippen LogP contribution in [0.15, 0.2) is 12.3 Å². The van der Waals surface area contributed by atoms with Gasteiger partial charge in [-0.05, 0) is 6.07 Å². The zero-order valence-electron chi connectivity index (χ0n) is 12.7. The SMILES string of the molecule is COCC(=O)N1Cc2ccnn2[C@H](C(=O)NC2CC(F)(F)C2)C1. The van der Waals surface area contributed by atoms with E-state index in [0.717, 1.165) is 5.69 Å². The average molecular weight is 328 g/mol. The summed E-state index contributed by atoms with van der Waals surface area (Å²) in [6, 6.07) is 0.481. The van der Waals surface area contributed by atoms with Crippen LogP contribution < -0.4 is 5.32 Å². The van der Waals surface area contributed by atoms with Gasteiger partial charge in [0.1, 0.15) is 12.6 Å². The molecule has 1 aliphatic heterocycles. The van der Waals surface area contributed by atoms with Gasteiger partial charge in [-0.25, -0.2) is 8.78 Å². The Balaban J connectivity index is 1.70. The van der Waals surface area contributed by atoms with Gasteiger partial charge in [-0.15, -0.1) is 0 Å². The summed E-state index contributed by atoms with van der Waals surface area (Å²) in [6.07, 6.45) is 0.866. The molecular weight excluding hydrogens is 310 g/mol. The molecule has 1 aromatic heterocycles. The van der Waals surface area contributed by atoms with Gasteiger partial charge >= 0.3 is 0 Å². The summed E-state index contributed by atoms with van der Waals surface area (Å²) in [4.78, 5) is 25.9. The Morgan fingerprint density at radius 2 is 2.22 bits per heavy atom. The first-order valence-electron chi connectivity index (χ1n) is 7.37. The number of hydrogen-bond donors (Lipinski definition) is 1. The maximum atomic E-state index is 12.9. The number of amides is 2. The van der Waals surface area contributed by atoms with E-state index in [0.29, 0.717) is 6.54 Å². The summed E-state index contributed by atoms with van der Waals surface area (Å²) < 4.78 is 32.2. The van der Waals surface area contributed by atoms with E-state index in [9.17, 15) is 18.4 Å². The van der Waals surface area contributed by atoms with Crippen molar-refractivity contribution in [1.29, 1.82) is 0 Å². The Hall–Kier alpha value is -2.03. The molecule has 0 aromatic carbocycles. The van der Waals surface area contributed by atoms with Gasteiger partial charge in [0.2, 0.25) is 11.8 Å². The topological polar surface area (TPSA) is 76.5 Å². The molecule has 126 valence electrons. The molecule has 0 spiro atoms. The van der Waals surface area contributed by atoms with E-state index in [4.69, 9.17) is 4.74 Å². The molecule has 1 atom stereocenters. The van der Waals surface area contributed by atoms with Crippen LogP contribution in [0.25, 0.3) is 0 Å². The minimum atomic E-state index is -2.69. The van der Waals surface area contributed by atoms with Crippen molar-refractivity contribution in [3.63, 3.8) is 0 Å². The first-order valence-corrected chi connectivity index (χ1v) is 7.37. The molecule has 9 heteroatoms. The normalized spacial score (nSPS) is 23.1. The van der Waals surface area contributed by atoms with Crippen LogP contribution in [-0.4, -0.2) is 58.7 Å². The molecule has 0 saturated heterocycles. The molecule has 1 aliphatic carbocycles. The van der Waals surface area contributed by atoms with Gasteiger partial charge in [-0.3, -0.25) is 14.3 Å². The van der Waals surface area contributed by atoms with Gasteiger partial charge in [0.05, 0.1) is 18.8 Å². The fourth-order valence-corrected chi connectivity index (χ4v) is 2.95. The molecule has 1 saturated carbocycles. The van der Waals surface area contributed by atoms with E-state index >= 15 is 0 Å². The fourth-order valence-electron chi connectivity index (χ4n) is 2.95. The third-order valence-electron chi connectivity index (χ3n) is 4.15. The molecule has 7 nitrogen and oxygen atoms in total. The quantitative estimate of drug-likeness (QED) is 0.864. The predicted molar refractivity (Wildman–Crippen MR) is 74.7 cm³/mol. The number of aromatic nitrogens is 2. The summed E-state index contributed by atoms with van der Waals surface area (Å²) in [5, 5.41) is 6.73. The number of alkyl halides is 2. The van der Waals surface area contributed by atoms with Crippen molar-refractivity contribution in [3.05, 3.63) is 18.0 Å². The van der Waals surface area contributed by atoms with E-state index in [1.54, 1.807) is 16.9 Å². The maximum absolute atomic E-state index is 12.9. The zero-order chi connectivity index (χ0) is 16.6. The van der Waals surface area contributed by atoms with Gasteiger partial charge in [0, 0.05) is 32.2 Å². The van der Waals surface area contributed by atoms with E-state index in [2.05, 4.69) is 10.4 Å². The molecule has 2 amide bonds. The molecule has 0 radical (unpaired) electrons. The fraction of sp³-hybridized carbons (Fsp3) is 0.643. The molecule has 0 bridgehead atoms. The van der Waals surface area contributed by atoms with Crippen molar-refractivity contribution in [2.24, 2.45) is 0 Å². The first kappa shape index (κ1) is 15.9. The summed E-state index contributed by atoms with van der Waals surface area (Å²) in [5.41, 5.74) is 0.722. The molecule has 1 aromatic rings. The van der Waals surface area contributed by atoms with Gasteiger partial charge in [0.25, 0.3) is 5.92 Å². The average Bonchev–Trinajstić information content (AvgIpc) is 2.92. The predicted octanol–water partition coefficient (Wildman–Crippen LogP) is 0.327. The number of fused-ring (bicyclic) bond motifs is 1. The number of ether oxygens (including phenoxy) is 1. The minimum absolute atomic E-state index is 0.0721. The van der Waals surface area contributed by atoms with Crippen molar-refractivity contribution in [2.75, 3.05) is 20.3 Å². The Labute approximate surface area is 131 Å². The molecule has 1 N–H and O–H groups in total. The van der Waals surface area contributed by atoms with Gasteiger partial charge in [-0.2, -0.15) is 5.10 Å². The van der Waals surface area contributed by atoms with Crippen molar-refractivity contribution in [2.45, 2.75) is 37.4 Å². The Bertz CT molecular complexity index is 611. The lowest BCUT2D eigenvalue weighted by molar-refractivity contribution is -0.140. The number of nitrogens with zero attached hydrogens (tertiary/aromatic N) is 3. The maximum Gasteiger partial charge on any atom is 0.252 e. The number of rotatable bonds is 4. The van der Waals surface area contributed by atoms with Crippen LogP contribution in [0.4, 0.5) is 8.78 Å². The van der Waals surface area contributed by atoms with Crippen molar-refractivity contribution < 1.29 is 23.1 Å². The lowest BCUT2D eigenvalue weighted by atomic mass is 9.88. The number of methoxy groups -OCH3 is 1. The molecule has 1 fully saturated rings. The highest BCUT2D eigenvalue weighted by Gasteiger charge is 2.47. The lowest BCUT2D eigenvalue weighted by Gasteiger charge is -2.38. The van der Waals surface area contributed by atoms with E-state index in [1.165, 1.54) is 12.0 Å². The monoisotopic (exact) mass is 328 g/mol. The summed E-state index contributed by atoms with van der Waals surface area (Å²) in [6.45, 7) is 0.413. The van der Waals surface area contributed by atoms with Gasteiger partial charge in [0.15, 0.2) is 0 Å². The third kappa shape index (κ3) is 3.19. The zero-order valence-corrected chi connectivity index (χ0v) is 12.7. The van der Waals surface area contributed by atoms with Gasteiger partial charge < -0.3 is 15.0 Å². The van der Waals surface area contributed by atoms with Crippen LogP contribution in [0.2, 0.25) is 0 Å². The standard InChI is InChI=1S/C14H18F2N4O3/c1-23-8-12(21)19-6-10-2-3-17-20(10)11(7-19)13(22)18-9-4-14(15,16)5-9/h2-3,9,11H,4-8H2,1H3,(H,18,22)/t11-/m0/s1. The smallest absolute Gasteiger partial charge is 0.252 e. The molecule has 2 aliphatic rings. The van der Waals surface area contributed by atoms with Crippen LogP contribution in [0.3, 0.4) is 0 Å². The Morgan fingerprint density at radius 3 is 2.87 bits per heavy atom. The summed E-state index contributed by atoms with van der Waals surface area (Å²) >= 11 is 0.